The number of aliphatic imine (C=N–C) groups is 1. The number of allylic oxidation sites excluding steroid dienone is 2. The van der Waals surface area contributed by atoms with Gasteiger partial charge in [0.2, 0.25) is 10.0 Å². The van der Waals surface area contributed by atoms with Gasteiger partial charge in [0.05, 0.1) is 18.9 Å². The first-order valence-corrected chi connectivity index (χ1v) is 13.9. The number of benzene rings is 1. The lowest BCUT2D eigenvalue weighted by atomic mass is 9.77. The molecule has 4 N–H and O–H groups in total. The molecular weight excluding hydrogens is 589 g/mol. The van der Waals surface area contributed by atoms with Crippen LogP contribution in [0.15, 0.2) is 46.1 Å². The normalized spacial score (nSPS) is 20.8. The summed E-state index contributed by atoms with van der Waals surface area (Å²) in [6.07, 6.45) is -8.53. The van der Waals surface area contributed by atoms with Crippen LogP contribution in [0.1, 0.15) is 37.7 Å². The fourth-order valence-electron chi connectivity index (χ4n) is 3.95. The van der Waals surface area contributed by atoms with Gasteiger partial charge in [0.1, 0.15) is 17.1 Å². The van der Waals surface area contributed by atoms with Crippen LogP contribution in [0.5, 0.6) is 5.75 Å². The van der Waals surface area contributed by atoms with E-state index in [9.17, 15) is 44.3 Å². The smallest absolute Gasteiger partial charge is 0.416 e. The van der Waals surface area contributed by atoms with Crippen molar-refractivity contribution in [3.63, 3.8) is 0 Å². The molecule has 1 saturated carbocycles. The molecule has 0 spiro atoms. The van der Waals surface area contributed by atoms with E-state index in [2.05, 4.69) is 4.99 Å². The van der Waals surface area contributed by atoms with Gasteiger partial charge in [0, 0.05) is 36.4 Å². The van der Waals surface area contributed by atoms with E-state index in [0.29, 0.717) is 18.4 Å². The van der Waals surface area contributed by atoms with Crippen molar-refractivity contribution in [3.05, 3.63) is 52.5 Å². The number of nitrogens with two attached hydrogens (primary N) is 1. The third-order valence-electron chi connectivity index (χ3n) is 6.01. The third kappa shape index (κ3) is 8.20. The predicted molar refractivity (Wildman–Crippen MR) is 131 cm³/mol. The zero-order chi connectivity index (χ0) is 30.8. The minimum Gasteiger partial charge on any atom is -0.493 e. The van der Waals surface area contributed by atoms with E-state index in [-0.39, 0.29) is 11.8 Å². The molecule has 1 aliphatic heterocycles. The summed E-state index contributed by atoms with van der Waals surface area (Å²) in [4.78, 5) is 29.7. The second kappa shape index (κ2) is 11.7. The highest BCUT2D eigenvalue weighted by molar-refractivity contribution is 7.89. The van der Waals surface area contributed by atoms with Crippen molar-refractivity contribution < 1.29 is 53.5 Å². The lowest BCUT2D eigenvalue weighted by Crippen LogP contribution is -2.60. The first-order valence-electron chi connectivity index (χ1n) is 12.0. The Kier molecular flexibility index (Phi) is 9.10. The topological polar surface area (TPSA) is 140 Å². The summed E-state index contributed by atoms with van der Waals surface area (Å²) in [5.41, 5.74) is -0.924. The van der Waals surface area contributed by atoms with Gasteiger partial charge in [-0.25, -0.2) is 17.5 Å². The van der Waals surface area contributed by atoms with Crippen LogP contribution in [-0.4, -0.2) is 57.7 Å². The van der Waals surface area contributed by atoms with Crippen LogP contribution >= 0.6 is 0 Å². The summed E-state index contributed by atoms with van der Waals surface area (Å²) in [5, 5.41) is 1.60. The van der Waals surface area contributed by atoms with Gasteiger partial charge in [-0.2, -0.15) is 26.3 Å². The van der Waals surface area contributed by atoms with Crippen LogP contribution in [-0.2, 0) is 25.2 Å². The zero-order valence-electron chi connectivity index (χ0n) is 21.3. The van der Waals surface area contributed by atoms with Crippen LogP contribution in [0, 0.1) is 5.82 Å². The van der Waals surface area contributed by atoms with Crippen molar-refractivity contribution in [2.24, 2.45) is 10.7 Å². The van der Waals surface area contributed by atoms with Crippen molar-refractivity contribution in [3.8, 4) is 5.75 Å². The number of hydrogen-bond donors (Lipinski definition) is 3. The molecule has 1 aromatic rings. The minimum absolute atomic E-state index is 0.0201. The first kappa shape index (κ1) is 31.9. The molecule has 1 aliphatic carbocycles. The Balaban J connectivity index is 2.05. The lowest BCUT2D eigenvalue weighted by Gasteiger charge is -2.41. The van der Waals surface area contributed by atoms with E-state index < -0.39 is 93.8 Å². The number of amides is 2. The van der Waals surface area contributed by atoms with Gasteiger partial charge in [0.25, 0.3) is 11.8 Å². The number of sulfonamides is 1. The van der Waals surface area contributed by atoms with Crippen molar-refractivity contribution in [1.29, 1.82) is 0 Å². The van der Waals surface area contributed by atoms with Gasteiger partial charge in [-0.15, -0.1) is 0 Å². The molecular formula is C24H25F7N4O5S. The summed E-state index contributed by atoms with van der Waals surface area (Å²) in [5.74, 6) is -5.15. The lowest BCUT2D eigenvalue weighted by molar-refractivity contribution is -0.204. The molecule has 1 fully saturated rings. The number of nitrogens with zero attached hydrogens (tertiary/aromatic N) is 1. The summed E-state index contributed by atoms with van der Waals surface area (Å²) in [6, 6.07) is 2.01. The zero-order valence-corrected chi connectivity index (χ0v) is 22.1. The molecule has 9 nitrogen and oxygen atoms in total. The summed E-state index contributed by atoms with van der Waals surface area (Å²) in [6.45, 7) is -0.505. The molecule has 226 valence electrons. The molecule has 0 aromatic heterocycles. The summed E-state index contributed by atoms with van der Waals surface area (Å²) in [7, 11) is -4.26. The summed E-state index contributed by atoms with van der Waals surface area (Å²) < 4.78 is 126. The van der Waals surface area contributed by atoms with E-state index in [1.54, 1.807) is 5.32 Å². The maximum Gasteiger partial charge on any atom is 0.416 e. The first-order chi connectivity index (χ1) is 18.8. The summed E-state index contributed by atoms with van der Waals surface area (Å²) >= 11 is 0. The van der Waals surface area contributed by atoms with E-state index in [1.807, 2.05) is 0 Å². The highest BCUT2D eigenvalue weighted by atomic mass is 32.2. The van der Waals surface area contributed by atoms with Gasteiger partial charge in [-0.1, -0.05) is 0 Å². The van der Waals surface area contributed by atoms with Crippen LogP contribution in [0.4, 0.5) is 30.7 Å². The number of carbonyl (C=O) groups excluding carboxylic acids is 2. The average Bonchev–Trinajstić information content (AvgIpc) is 3.63. The van der Waals surface area contributed by atoms with Crippen molar-refractivity contribution in [2.45, 2.75) is 56.0 Å². The number of nitrogens with one attached hydrogen (secondary N) is 2. The maximum absolute atomic E-state index is 15.2. The van der Waals surface area contributed by atoms with E-state index in [4.69, 9.17) is 10.5 Å². The van der Waals surface area contributed by atoms with Crippen molar-refractivity contribution >= 4 is 28.1 Å². The molecule has 0 saturated heterocycles. The molecule has 1 aromatic carbocycles. The Morgan fingerprint density at radius 2 is 1.90 bits per heavy atom. The molecule has 3 rings (SSSR count). The number of hydrogen-bond acceptors (Lipinski definition) is 7. The van der Waals surface area contributed by atoms with Gasteiger partial charge in [-0.05, 0) is 43.0 Å². The van der Waals surface area contributed by atoms with Gasteiger partial charge in [-0.3, -0.25) is 14.6 Å². The monoisotopic (exact) mass is 614 g/mol. The van der Waals surface area contributed by atoms with E-state index in [1.165, 1.54) is 10.9 Å². The van der Waals surface area contributed by atoms with E-state index in [0.717, 1.165) is 25.0 Å². The highest BCUT2D eigenvalue weighted by Crippen LogP contribution is 2.48. The molecule has 41 heavy (non-hydrogen) atoms. The molecule has 1 heterocycles. The van der Waals surface area contributed by atoms with Gasteiger partial charge < -0.3 is 15.8 Å². The molecule has 0 unspecified atom stereocenters. The highest BCUT2D eigenvalue weighted by Gasteiger charge is 2.61. The quantitative estimate of drug-likeness (QED) is 0.160. The fraction of sp³-hybridized carbons (Fsp3) is 0.458. The van der Waals surface area contributed by atoms with Crippen LogP contribution in [0.2, 0.25) is 0 Å². The Labute approximate surface area is 229 Å². The van der Waals surface area contributed by atoms with Crippen LogP contribution < -0.4 is 20.5 Å². The fourth-order valence-corrected chi connectivity index (χ4v) is 4.39. The third-order valence-corrected chi connectivity index (χ3v) is 6.56. The Hall–Kier alpha value is -3.63. The Morgan fingerprint density at radius 3 is 2.44 bits per heavy atom. The number of rotatable bonds is 10. The van der Waals surface area contributed by atoms with Crippen LogP contribution in [0.3, 0.4) is 0 Å². The minimum atomic E-state index is -5.40. The molecule has 17 heteroatoms. The standard InChI is InChI=1S/C24H25F7N4O5S/c1-41(38,39)35-21(37)19-15(18(32)7-9-33-13-3-4-13)12-22(24(29,30)31,34-20(19)36)16-6-5-14(11-17(16)25)40-10-2-8-23(26,27)28/h5-7,9,11,13H,2-4,8,10,12,32H2,1H3,(H,34,36)(H,35,37)/t22-/m0/s1. The largest absolute Gasteiger partial charge is 0.493 e. The number of halogens is 7. The molecule has 1 atom stereocenters. The number of alkyl halides is 6. The number of carbonyl (C=O) groups is 2. The second-order valence-corrected chi connectivity index (χ2v) is 11.2. The molecule has 0 bridgehead atoms. The molecule has 2 aliphatic rings. The molecule has 0 radical (unpaired) electrons. The van der Waals surface area contributed by atoms with Gasteiger partial charge in [0.15, 0.2) is 5.54 Å². The maximum atomic E-state index is 15.2. The van der Waals surface area contributed by atoms with Gasteiger partial charge >= 0.3 is 12.4 Å². The Morgan fingerprint density at radius 1 is 1.24 bits per heavy atom. The van der Waals surface area contributed by atoms with Crippen molar-refractivity contribution in [2.75, 3.05) is 12.9 Å². The molecule has 2 amide bonds. The number of ether oxygens (including phenoxy) is 1. The Bertz CT molecular complexity index is 1400. The average molecular weight is 615 g/mol. The van der Waals surface area contributed by atoms with Crippen LogP contribution in [0.25, 0.3) is 0 Å². The predicted octanol–water partition coefficient (Wildman–Crippen LogP) is 3.27. The SMILES string of the molecule is CS(=O)(=O)NC(=O)C1=C(C(N)=CC=NC2CC2)C[C@](c2ccc(OCCCC(F)(F)F)cc2F)(C(F)(F)F)NC1=O. The van der Waals surface area contributed by atoms with E-state index >= 15 is 4.39 Å². The second-order valence-electron chi connectivity index (χ2n) is 9.45. The van der Waals surface area contributed by atoms with Crippen molar-refractivity contribution in [1.82, 2.24) is 10.0 Å².